The number of aromatic nitrogens is 1. The lowest BCUT2D eigenvalue weighted by Gasteiger charge is -2.21. The molecule has 0 radical (unpaired) electrons. The van der Waals surface area contributed by atoms with Gasteiger partial charge in [-0.15, -0.1) is 0 Å². The zero-order valence-electron chi connectivity index (χ0n) is 11.8. The molecular weight excluding hydrogens is 282 g/mol. The molecule has 6 heteroatoms. The van der Waals surface area contributed by atoms with Crippen molar-refractivity contribution < 1.29 is 10.0 Å². The Hall–Kier alpha value is -2.78. The van der Waals surface area contributed by atoms with Crippen molar-refractivity contribution in [1.29, 1.82) is 5.26 Å². The van der Waals surface area contributed by atoms with Gasteiger partial charge in [-0.3, -0.25) is 15.1 Å². The zero-order chi connectivity index (χ0) is 15.9. The second-order valence-electron chi connectivity index (χ2n) is 4.86. The van der Waals surface area contributed by atoms with Gasteiger partial charge in [0.1, 0.15) is 0 Å². The Morgan fingerprint density at radius 2 is 2.09 bits per heavy atom. The lowest BCUT2D eigenvalue weighted by atomic mass is 9.81. The summed E-state index contributed by atoms with van der Waals surface area (Å²) < 4.78 is 0. The first-order valence-corrected chi connectivity index (χ1v) is 6.82. The molecule has 0 aliphatic rings. The average molecular weight is 297 g/mol. The average Bonchev–Trinajstić information content (AvgIpc) is 2.56. The summed E-state index contributed by atoms with van der Waals surface area (Å²) in [6.07, 6.45) is 3.57. The van der Waals surface area contributed by atoms with Crippen molar-refractivity contribution in [2.75, 3.05) is 6.61 Å². The minimum Gasteiger partial charge on any atom is -0.396 e. The fourth-order valence-electron chi connectivity index (χ4n) is 2.49. The number of nitrogens with zero attached hydrogens (tertiary/aromatic N) is 3. The molecular formula is C16H15N3O3. The highest BCUT2D eigenvalue weighted by Crippen LogP contribution is 2.36. The van der Waals surface area contributed by atoms with Crippen LogP contribution in [0.25, 0.3) is 0 Å². The molecule has 2 atom stereocenters. The summed E-state index contributed by atoms with van der Waals surface area (Å²) in [5.41, 5.74) is 1.37. The molecule has 1 N–H and O–H groups in total. The Labute approximate surface area is 127 Å². The van der Waals surface area contributed by atoms with Crippen molar-refractivity contribution in [1.82, 2.24) is 4.98 Å². The minimum atomic E-state index is -0.525. The molecule has 1 aromatic heterocycles. The number of hydrogen-bond donors (Lipinski definition) is 1. The Morgan fingerprint density at radius 1 is 1.32 bits per heavy atom. The van der Waals surface area contributed by atoms with E-state index in [2.05, 4.69) is 11.1 Å². The summed E-state index contributed by atoms with van der Waals surface area (Å²) in [5, 5.41) is 29.8. The van der Waals surface area contributed by atoms with Crippen molar-refractivity contribution in [2.24, 2.45) is 0 Å². The van der Waals surface area contributed by atoms with E-state index in [0.29, 0.717) is 12.0 Å². The van der Waals surface area contributed by atoms with Crippen molar-refractivity contribution in [3.63, 3.8) is 0 Å². The van der Waals surface area contributed by atoms with E-state index in [1.54, 1.807) is 36.7 Å². The van der Waals surface area contributed by atoms with Crippen molar-refractivity contribution in [3.8, 4) is 6.07 Å². The van der Waals surface area contributed by atoms with Crippen LogP contribution in [-0.4, -0.2) is 21.6 Å². The summed E-state index contributed by atoms with van der Waals surface area (Å²) >= 11 is 0. The third-order valence-corrected chi connectivity index (χ3v) is 3.53. The van der Waals surface area contributed by atoms with E-state index in [0.717, 1.165) is 5.56 Å². The highest BCUT2D eigenvalue weighted by atomic mass is 16.6. The third kappa shape index (κ3) is 3.45. The molecule has 0 saturated carbocycles. The first-order chi connectivity index (χ1) is 10.7. The molecule has 0 amide bonds. The molecule has 0 aliphatic heterocycles. The van der Waals surface area contributed by atoms with E-state index in [1.165, 1.54) is 12.1 Å². The summed E-state index contributed by atoms with van der Waals surface area (Å²) in [6.45, 7) is -0.105. The Kier molecular flexibility index (Phi) is 5.17. The van der Waals surface area contributed by atoms with Crippen LogP contribution in [0, 0.1) is 21.4 Å². The maximum absolute atomic E-state index is 10.9. The minimum absolute atomic E-state index is 0.0247. The normalized spacial score (nSPS) is 13.1. The summed E-state index contributed by atoms with van der Waals surface area (Å²) in [5.74, 6) is -0.859. The molecule has 2 aromatic rings. The van der Waals surface area contributed by atoms with Crippen LogP contribution in [0.2, 0.25) is 0 Å². The molecule has 22 heavy (non-hydrogen) atoms. The molecule has 0 unspecified atom stereocenters. The standard InChI is InChI=1S/C16H15N3O3/c17-10-16(13-4-2-7-18-11-13)15(6-8-20)12-3-1-5-14(9-12)19(21)22/h1-5,7,9,11,15-16,20H,6,8H2/t15-,16+/m0/s1. The van der Waals surface area contributed by atoms with Gasteiger partial charge < -0.3 is 5.11 Å². The largest absolute Gasteiger partial charge is 0.396 e. The molecule has 1 heterocycles. The van der Waals surface area contributed by atoms with Gasteiger partial charge in [0.05, 0.1) is 16.9 Å². The van der Waals surface area contributed by atoms with Gasteiger partial charge in [0.15, 0.2) is 0 Å². The van der Waals surface area contributed by atoms with Gasteiger partial charge in [-0.25, -0.2) is 0 Å². The van der Waals surface area contributed by atoms with Gasteiger partial charge in [0.2, 0.25) is 0 Å². The number of nitriles is 1. The predicted molar refractivity (Wildman–Crippen MR) is 80.1 cm³/mol. The van der Waals surface area contributed by atoms with Crippen molar-refractivity contribution in [2.45, 2.75) is 18.3 Å². The van der Waals surface area contributed by atoms with E-state index < -0.39 is 10.8 Å². The monoisotopic (exact) mass is 297 g/mol. The Balaban J connectivity index is 2.43. The summed E-state index contributed by atoms with van der Waals surface area (Å²) in [7, 11) is 0. The Bertz CT molecular complexity index is 683. The number of pyridine rings is 1. The quantitative estimate of drug-likeness (QED) is 0.652. The van der Waals surface area contributed by atoms with E-state index in [9.17, 15) is 20.5 Å². The number of benzene rings is 1. The van der Waals surface area contributed by atoms with Gasteiger partial charge in [0.25, 0.3) is 5.69 Å². The molecule has 0 aliphatic carbocycles. The first kappa shape index (κ1) is 15.6. The molecule has 0 saturated heterocycles. The van der Waals surface area contributed by atoms with Crippen LogP contribution in [0.1, 0.15) is 29.4 Å². The second-order valence-corrected chi connectivity index (χ2v) is 4.86. The SMILES string of the molecule is N#C[C@H](c1cccnc1)[C@@H](CCO)c1cccc([N+](=O)[O-])c1. The van der Waals surface area contributed by atoms with E-state index in [-0.39, 0.29) is 18.2 Å². The van der Waals surface area contributed by atoms with E-state index >= 15 is 0 Å². The highest BCUT2D eigenvalue weighted by Gasteiger charge is 2.25. The van der Waals surface area contributed by atoms with Gasteiger partial charge in [-0.05, 0) is 23.6 Å². The maximum atomic E-state index is 10.9. The first-order valence-electron chi connectivity index (χ1n) is 6.82. The molecule has 0 spiro atoms. The number of non-ortho nitro benzene ring substituents is 1. The molecule has 0 fully saturated rings. The number of aliphatic hydroxyl groups is 1. The topological polar surface area (TPSA) is 100 Å². The van der Waals surface area contributed by atoms with Gasteiger partial charge >= 0.3 is 0 Å². The van der Waals surface area contributed by atoms with Crippen LogP contribution in [0.4, 0.5) is 5.69 Å². The van der Waals surface area contributed by atoms with E-state index in [4.69, 9.17) is 0 Å². The van der Waals surface area contributed by atoms with Crippen LogP contribution in [-0.2, 0) is 0 Å². The fraction of sp³-hybridized carbons (Fsp3) is 0.250. The number of nitro benzene ring substituents is 1. The highest BCUT2D eigenvalue weighted by molar-refractivity contribution is 5.39. The van der Waals surface area contributed by atoms with Crippen LogP contribution in [0.15, 0.2) is 48.8 Å². The van der Waals surface area contributed by atoms with Gasteiger partial charge in [-0.2, -0.15) is 5.26 Å². The summed E-state index contributed by atoms with van der Waals surface area (Å²) in [6, 6.07) is 12.0. The molecule has 6 nitrogen and oxygen atoms in total. The van der Waals surface area contributed by atoms with Gasteiger partial charge in [0, 0.05) is 37.1 Å². The third-order valence-electron chi connectivity index (χ3n) is 3.53. The van der Waals surface area contributed by atoms with Gasteiger partial charge in [-0.1, -0.05) is 18.2 Å². The van der Waals surface area contributed by atoms with Crippen LogP contribution >= 0.6 is 0 Å². The number of aliphatic hydroxyl groups excluding tert-OH is 1. The second kappa shape index (κ2) is 7.29. The Morgan fingerprint density at radius 3 is 2.68 bits per heavy atom. The van der Waals surface area contributed by atoms with Crippen molar-refractivity contribution >= 4 is 5.69 Å². The van der Waals surface area contributed by atoms with Crippen molar-refractivity contribution in [3.05, 3.63) is 70.0 Å². The molecule has 1 aromatic carbocycles. The van der Waals surface area contributed by atoms with Crippen LogP contribution < -0.4 is 0 Å². The molecule has 2 rings (SSSR count). The maximum Gasteiger partial charge on any atom is 0.269 e. The lowest BCUT2D eigenvalue weighted by Crippen LogP contribution is -2.12. The molecule has 0 bridgehead atoms. The van der Waals surface area contributed by atoms with Crippen LogP contribution in [0.3, 0.4) is 0 Å². The lowest BCUT2D eigenvalue weighted by molar-refractivity contribution is -0.384. The fourth-order valence-corrected chi connectivity index (χ4v) is 2.49. The number of nitro groups is 1. The van der Waals surface area contributed by atoms with E-state index in [1.807, 2.05) is 0 Å². The summed E-state index contributed by atoms with van der Waals surface area (Å²) in [4.78, 5) is 14.5. The predicted octanol–water partition coefficient (Wildman–Crippen LogP) is 2.76. The zero-order valence-corrected chi connectivity index (χ0v) is 11.8. The van der Waals surface area contributed by atoms with Crippen LogP contribution in [0.5, 0.6) is 0 Å². The number of hydrogen-bond acceptors (Lipinski definition) is 5. The smallest absolute Gasteiger partial charge is 0.269 e. The molecule has 112 valence electrons. The number of rotatable bonds is 6.